The fourth-order valence-corrected chi connectivity index (χ4v) is 2.56. The maximum absolute atomic E-state index is 12.3. The van der Waals surface area contributed by atoms with Gasteiger partial charge in [0.2, 0.25) is 0 Å². The molecule has 3 rings (SSSR count). The number of ether oxygens (including phenoxy) is 1. The molecule has 0 aliphatic rings. The molecule has 7 heteroatoms. The summed E-state index contributed by atoms with van der Waals surface area (Å²) >= 11 is 3.48. The van der Waals surface area contributed by atoms with Gasteiger partial charge in [-0.15, -0.1) is 0 Å². The molecule has 1 aromatic carbocycles. The number of halogens is 1. The van der Waals surface area contributed by atoms with Crippen LogP contribution in [0.25, 0.3) is 10.9 Å². The molecule has 0 spiro atoms. The van der Waals surface area contributed by atoms with E-state index < -0.39 is 0 Å². The van der Waals surface area contributed by atoms with Crippen molar-refractivity contribution in [2.45, 2.75) is 6.73 Å². The van der Waals surface area contributed by atoms with Crippen LogP contribution in [-0.2, 0) is 11.5 Å². The van der Waals surface area contributed by atoms with Crippen molar-refractivity contribution in [2.75, 3.05) is 12.4 Å². The molecule has 0 aliphatic heterocycles. The highest BCUT2D eigenvalue weighted by Gasteiger charge is 2.13. The van der Waals surface area contributed by atoms with Gasteiger partial charge in [0.05, 0.1) is 11.2 Å². The quantitative estimate of drug-likeness (QED) is 0.776. The number of benzene rings is 1. The zero-order chi connectivity index (χ0) is 15.5. The van der Waals surface area contributed by atoms with Crippen molar-refractivity contribution in [1.82, 2.24) is 14.8 Å². The van der Waals surface area contributed by atoms with Crippen molar-refractivity contribution < 1.29 is 9.53 Å². The van der Waals surface area contributed by atoms with Gasteiger partial charge in [-0.3, -0.25) is 9.78 Å². The van der Waals surface area contributed by atoms with Crippen LogP contribution < -0.4 is 5.32 Å². The topological polar surface area (TPSA) is 69.0 Å². The lowest BCUT2D eigenvalue weighted by atomic mass is 10.2. The van der Waals surface area contributed by atoms with E-state index in [1.807, 2.05) is 24.3 Å². The third-order valence-corrected chi connectivity index (χ3v) is 3.79. The number of pyridine rings is 1. The van der Waals surface area contributed by atoms with E-state index in [2.05, 4.69) is 31.3 Å². The third kappa shape index (κ3) is 2.86. The molecule has 0 aliphatic carbocycles. The fourth-order valence-electron chi connectivity index (χ4n) is 2.11. The highest BCUT2D eigenvalue weighted by molar-refractivity contribution is 9.10. The molecule has 0 bridgehead atoms. The molecule has 2 aromatic heterocycles. The molecule has 2 heterocycles. The number of hydrogen-bond acceptors (Lipinski definition) is 4. The number of fused-ring (bicyclic) bond motifs is 1. The zero-order valence-electron chi connectivity index (χ0n) is 11.8. The number of carbonyl (C=O) groups is 1. The predicted molar refractivity (Wildman–Crippen MR) is 86.6 cm³/mol. The number of nitrogens with zero attached hydrogens (tertiary/aromatic N) is 3. The summed E-state index contributed by atoms with van der Waals surface area (Å²) in [5, 5.41) is 7.92. The standard InChI is InChI=1S/C15H13BrN4O2/c1-22-9-20-8-6-13(19-20)15(21)18-12-5-4-11(16)10-3-2-7-17-14(10)12/h2-8H,9H2,1H3,(H,18,21). The molecule has 1 N–H and O–H groups in total. The van der Waals surface area contributed by atoms with Crippen molar-refractivity contribution in [3.8, 4) is 0 Å². The van der Waals surface area contributed by atoms with Gasteiger partial charge in [0.25, 0.3) is 5.91 Å². The Labute approximate surface area is 135 Å². The smallest absolute Gasteiger partial charge is 0.276 e. The Morgan fingerprint density at radius 1 is 1.36 bits per heavy atom. The Morgan fingerprint density at radius 3 is 3.05 bits per heavy atom. The monoisotopic (exact) mass is 360 g/mol. The Morgan fingerprint density at radius 2 is 2.23 bits per heavy atom. The first-order valence-corrected chi connectivity index (χ1v) is 7.35. The van der Waals surface area contributed by atoms with E-state index in [4.69, 9.17) is 4.74 Å². The van der Waals surface area contributed by atoms with Crippen LogP contribution in [0.2, 0.25) is 0 Å². The molecule has 6 nitrogen and oxygen atoms in total. The number of anilines is 1. The third-order valence-electron chi connectivity index (χ3n) is 3.10. The van der Waals surface area contributed by atoms with Gasteiger partial charge in [0, 0.05) is 29.4 Å². The van der Waals surface area contributed by atoms with Gasteiger partial charge in [-0.1, -0.05) is 22.0 Å². The molecular weight excluding hydrogens is 348 g/mol. The van der Waals surface area contributed by atoms with Crippen molar-refractivity contribution in [2.24, 2.45) is 0 Å². The number of rotatable bonds is 4. The molecule has 0 radical (unpaired) electrons. The first-order chi connectivity index (χ1) is 10.7. The van der Waals surface area contributed by atoms with Gasteiger partial charge < -0.3 is 10.1 Å². The minimum atomic E-state index is -0.288. The van der Waals surface area contributed by atoms with Crippen LogP contribution in [0.1, 0.15) is 10.5 Å². The maximum Gasteiger partial charge on any atom is 0.276 e. The van der Waals surface area contributed by atoms with E-state index >= 15 is 0 Å². The summed E-state index contributed by atoms with van der Waals surface area (Å²) in [5.74, 6) is -0.288. The van der Waals surface area contributed by atoms with Crippen molar-refractivity contribution in [3.63, 3.8) is 0 Å². The molecule has 112 valence electrons. The lowest BCUT2D eigenvalue weighted by Crippen LogP contribution is -2.14. The molecule has 22 heavy (non-hydrogen) atoms. The summed E-state index contributed by atoms with van der Waals surface area (Å²) in [6, 6.07) is 9.12. The lowest BCUT2D eigenvalue weighted by Gasteiger charge is -2.08. The van der Waals surface area contributed by atoms with Gasteiger partial charge in [-0.25, -0.2) is 4.68 Å². The molecular formula is C15H13BrN4O2. The van der Waals surface area contributed by atoms with Gasteiger partial charge >= 0.3 is 0 Å². The number of carbonyl (C=O) groups excluding carboxylic acids is 1. The summed E-state index contributed by atoms with van der Waals surface area (Å²) in [4.78, 5) is 16.6. The zero-order valence-corrected chi connectivity index (χ0v) is 13.4. The van der Waals surface area contributed by atoms with Crippen LogP contribution in [0.4, 0.5) is 5.69 Å². The largest absolute Gasteiger partial charge is 0.362 e. The lowest BCUT2D eigenvalue weighted by molar-refractivity contribution is 0.101. The second kappa shape index (κ2) is 6.25. The second-order valence-electron chi connectivity index (χ2n) is 4.61. The average Bonchev–Trinajstić information content (AvgIpc) is 2.99. The molecule has 3 aromatic rings. The van der Waals surface area contributed by atoms with E-state index in [0.717, 1.165) is 15.4 Å². The summed E-state index contributed by atoms with van der Waals surface area (Å²) in [5.41, 5.74) is 1.69. The van der Waals surface area contributed by atoms with E-state index in [1.54, 1.807) is 30.3 Å². The van der Waals surface area contributed by atoms with E-state index in [-0.39, 0.29) is 5.91 Å². The van der Waals surface area contributed by atoms with E-state index in [9.17, 15) is 4.79 Å². The first-order valence-electron chi connectivity index (χ1n) is 6.56. The highest BCUT2D eigenvalue weighted by Crippen LogP contribution is 2.28. The Hall–Kier alpha value is -2.25. The second-order valence-corrected chi connectivity index (χ2v) is 5.46. The van der Waals surface area contributed by atoms with E-state index in [1.165, 1.54) is 0 Å². The van der Waals surface area contributed by atoms with Crippen molar-refractivity contribution >= 4 is 38.4 Å². The van der Waals surface area contributed by atoms with Crippen molar-refractivity contribution in [1.29, 1.82) is 0 Å². The molecule has 0 saturated carbocycles. The molecule has 0 atom stereocenters. The van der Waals surface area contributed by atoms with Crippen LogP contribution in [0.5, 0.6) is 0 Å². The van der Waals surface area contributed by atoms with Crippen LogP contribution in [0, 0.1) is 0 Å². The molecule has 1 amide bonds. The minimum absolute atomic E-state index is 0.288. The Kier molecular flexibility index (Phi) is 4.17. The number of methoxy groups -OCH3 is 1. The summed E-state index contributed by atoms with van der Waals surface area (Å²) in [6.07, 6.45) is 3.38. The van der Waals surface area contributed by atoms with Crippen molar-refractivity contribution in [3.05, 3.63) is 52.9 Å². The summed E-state index contributed by atoms with van der Waals surface area (Å²) in [7, 11) is 1.57. The van der Waals surface area contributed by atoms with Gasteiger partial charge in [-0.2, -0.15) is 5.10 Å². The van der Waals surface area contributed by atoms with Gasteiger partial charge in [0.15, 0.2) is 5.69 Å². The molecule has 0 fully saturated rings. The fraction of sp³-hybridized carbons (Fsp3) is 0.133. The SMILES string of the molecule is COCn1ccc(C(=O)Nc2ccc(Br)c3cccnc23)n1. The first kappa shape index (κ1) is 14.7. The minimum Gasteiger partial charge on any atom is -0.362 e. The number of hydrogen-bond donors (Lipinski definition) is 1. The molecule has 0 unspecified atom stereocenters. The van der Waals surface area contributed by atoms with Crippen LogP contribution in [-0.4, -0.2) is 27.8 Å². The maximum atomic E-state index is 12.3. The Balaban J connectivity index is 1.89. The van der Waals surface area contributed by atoms with Crippen LogP contribution in [0.3, 0.4) is 0 Å². The van der Waals surface area contributed by atoms with Crippen LogP contribution in [0.15, 0.2) is 47.2 Å². The number of aromatic nitrogens is 3. The predicted octanol–water partition coefficient (Wildman–Crippen LogP) is 3.05. The van der Waals surface area contributed by atoms with Gasteiger partial charge in [-0.05, 0) is 24.3 Å². The van der Waals surface area contributed by atoms with E-state index in [0.29, 0.717) is 18.1 Å². The summed E-state index contributed by atoms with van der Waals surface area (Å²) < 4.78 is 7.44. The Bertz CT molecular complexity index is 831. The average molecular weight is 361 g/mol. The number of nitrogens with one attached hydrogen (secondary N) is 1. The van der Waals surface area contributed by atoms with Crippen LogP contribution >= 0.6 is 15.9 Å². The highest BCUT2D eigenvalue weighted by atomic mass is 79.9. The van der Waals surface area contributed by atoms with Gasteiger partial charge in [0.1, 0.15) is 6.73 Å². The normalized spacial score (nSPS) is 10.8. The molecule has 0 saturated heterocycles. The number of amides is 1. The summed E-state index contributed by atoms with van der Waals surface area (Å²) in [6.45, 7) is 0.302.